The third kappa shape index (κ3) is 1.61. The molecule has 0 aromatic carbocycles. The molecule has 78 valence electrons. The number of urea groups is 1. The highest BCUT2D eigenvalue weighted by Crippen LogP contribution is 2.43. The summed E-state index contributed by atoms with van der Waals surface area (Å²) in [7, 11) is 0. The molecule has 0 aromatic heterocycles. The number of nitrogens with one attached hydrogen (secondary N) is 2. The number of amides is 2. The second kappa shape index (κ2) is 3.15. The van der Waals surface area contributed by atoms with Crippen LogP contribution < -0.4 is 10.0 Å². The Hall–Kier alpha value is -0.710. The number of hydrogen-bond acceptors (Lipinski definition) is 2. The molecule has 0 fully saturated rings. The number of carbonyl (C=O) groups is 1. The van der Waals surface area contributed by atoms with Crippen molar-refractivity contribution in [3.8, 4) is 0 Å². The zero-order valence-corrected chi connectivity index (χ0v) is 9.00. The highest BCUT2D eigenvalue weighted by Gasteiger charge is 2.39. The van der Waals surface area contributed by atoms with Crippen LogP contribution in [-0.2, 0) is 0 Å². The number of allylic oxidation sites excluding steroid dienone is 2. The lowest BCUT2D eigenvalue weighted by Crippen LogP contribution is -2.42. The summed E-state index contributed by atoms with van der Waals surface area (Å²) in [5.74, 6) is -0.0414. The lowest BCUT2D eigenvalue weighted by atomic mass is 9.81. The number of hydrogen-bond donors (Lipinski definition) is 2. The van der Waals surface area contributed by atoms with Crippen molar-refractivity contribution < 1.29 is 9.18 Å². The van der Waals surface area contributed by atoms with Gasteiger partial charge in [0, 0.05) is 17.0 Å². The molecule has 2 N–H and O–H groups in total. The second-order valence-electron chi connectivity index (χ2n) is 4.12. The summed E-state index contributed by atoms with van der Waals surface area (Å²) in [6.45, 7) is 3.50. The summed E-state index contributed by atoms with van der Waals surface area (Å²) in [4.78, 5) is 11.9. The molecule has 2 amide bonds. The largest absolute Gasteiger partial charge is 0.329 e. The van der Waals surface area contributed by atoms with E-state index in [4.69, 9.17) is 0 Å². The maximum atomic E-state index is 13.9. The van der Waals surface area contributed by atoms with Gasteiger partial charge in [0.15, 0.2) is 0 Å². The Labute approximate surface area is 86.6 Å². The van der Waals surface area contributed by atoms with Gasteiger partial charge in [0.2, 0.25) is 0 Å². The molecule has 2 aliphatic rings. The fourth-order valence-electron chi connectivity index (χ4n) is 1.72. The summed E-state index contributed by atoms with van der Waals surface area (Å²) in [6, 6.07) is -0.205. The Morgan fingerprint density at radius 2 is 2.36 bits per heavy atom. The van der Waals surface area contributed by atoms with Crippen molar-refractivity contribution in [3.05, 3.63) is 10.6 Å². The third-order valence-corrected chi connectivity index (χ3v) is 3.84. The summed E-state index contributed by atoms with van der Waals surface area (Å²) < 4.78 is 16.5. The van der Waals surface area contributed by atoms with Gasteiger partial charge in [0.1, 0.15) is 5.67 Å². The molecule has 1 aliphatic heterocycles. The number of rotatable bonds is 0. The minimum Gasteiger partial charge on any atom is -0.310 e. The van der Waals surface area contributed by atoms with E-state index in [9.17, 15) is 9.18 Å². The predicted octanol–water partition coefficient (Wildman–Crippen LogP) is 2.32. The topological polar surface area (TPSA) is 41.1 Å². The van der Waals surface area contributed by atoms with Gasteiger partial charge in [-0.15, -0.1) is 0 Å². The van der Waals surface area contributed by atoms with Crippen LogP contribution in [-0.4, -0.2) is 11.7 Å². The van der Waals surface area contributed by atoms with Crippen LogP contribution in [0, 0.1) is 5.92 Å². The summed E-state index contributed by atoms with van der Waals surface area (Å²) >= 11 is 1.24. The average molecular weight is 216 g/mol. The normalized spacial score (nSPS) is 37.4. The van der Waals surface area contributed by atoms with Gasteiger partial charge in [-0.1, -0.05) is 6.92 Å². The van der Waals surface area contributed by atoms with E-state index < -0.39 is 5.67 Å². The van der Waals surface area contributed by atoms with Crippen LogP contribution in [0.1, 0.15) is 26.7 Å². The maximum Gasteiger partial charge on any atom is 0.329 e. The van der Waals surface area contributed by atoms with Crippen molar-refractivity contribution in [3.63, 3.8) is 0 Å². The minimum absolute atomic E-state index is 0.0414. The quantitative estimate of drug-likeness (QED) is 0.610. The molecule has 2 atom stereocenters. The fourth-order valence-corrected chi connectivity index (χ4v) is 2.60. The highest BCUT2D eigenvalue weighted by atomic mass is 32.2. The summed E-state index contributed by atoms with van der Waals surface area (Å²) in [5.41, 5.74) is -0.267. The standard InChI is InChI=1S/C9H13FN2OS/c1-5-3-6-7(4-9(5,2)10)14-12-8(13)11-6/h5H,3-4H2,1-2H3,(H2,11,12,13). The van der Waals surface area contributed by atoms with Crippen molar-refractivity contribution in [2.24, 2.45) is 5.92 Å². The Morgan fingerprint density at radius 1 is 1.64 bits per heavy atom. The van der Waals surface area contributed by atoms with Gasteiger partial charge in [-0.05, 0) is 31.2 Å². The van der Waals surface area contributed by atoms with Crippen molar-refractivity contribution in [2.45, 2.75) is 32.4 Å². The molecular formula is C9H13FN2OS. The molecular weight excluding hydrogens is 203 g/mol. The first-order chi connectivity index (χ1) is 6.49. The van der Waals surface area contributed by atoms with E-state index in [0.717, 1.165) is 10.6 Å². The lowest BCUT2D eigenvalue weighted by molar-refractivity contribution is 0.104. The monoisotopic (exact) mass is 216 g/mol. The predicted molar refractivity (Wildman–Crippen MR) is 54.2 cm³/mol. The Bertz CT molecular complexity index is 314. The van der Waals surface area contributed by atoms with Crippen LogP contribution in [0.4, 0.5) is 9.18 Å². The van der Waals surface area contributed by atoms with Crippen LogP contribution in [0.5, 0.6) is 0 Å². The minimum atomic E-state index is -1.16. The fraction of sp³-hybridized carbons (Fsp3) is 0.667. The first-order valence-corrected chi connectivity index (χ1v) is 5.45. The van der Waals surface area contributed by atoms with Crippen LogP contribution in [0.15, 0.2) is 10.6 Å². The molecule has 2 rings (SSSR count). The van der Waals surface area contributed by atoms with E-state index in [1.807, 2.05) is 6.92 Å². The maximum absolute atomic E-state index is 13.9. The molecule has 1 heterocycles. The van der Waals surface area contributed by atoms with E-state index in [0.29, 0.717) is 12.8 Å². The molecule has 3 nitrogen and oxygen atoms in total. The van der Waals surface area contributed by atoms with E-state index in [1.165, 1.54) is 11.9 Å². The SMILES string of the molecule is CC1CC2=C(CC1(C)F)SNC(=O)N2. The molecule has 0 aromatic rings. The van der Waals surface area contributed by atoms with E-state index in [2.05, 4.69) is 10.0 Å². The number of carbonyl (C=O) groups excluding carboxylic acids is 1. The van der Waals surface area contributed by atoms with Crippen molar-refractivity contribution in [1.82, 2.24) is 10.0 Å². The summed E-state index contributed by atoms with van der Waals surface area (Å²) in [6.07, 6.45) is 1.00. The molecule has 14 heavy (non-hydrogen) atoms. The average Bonchev–Trinajstić information content (AvgIpc) is 2.08. The first-order valence-electron chi connectivity index (χ1n) is 4.64. The van der Waals surface area contributed by atoms with Crippen LogP contribution in [0.3, 0.4) is 0 Å². The molecule has 5 heteroatoms. The highest BCUT2D eigenvalue weighted by molar-refractivity contribution is 8.01. The Balaban J connectivity index is 2.24. The van der Waals surface area contributed by atoms with Crippen LogP contribution in [0.2, 0.25) is 0 Å². The van der Waals surface area contributed by atoms with Gasteiger partial charge in [0.05, 0.1) is 0 Å². The molecule has 1 aliphatic carbocycles. The zero-order chi connectivity index (χ0) is 10.3. The van der Waals surface area contributed by atoms with Crippen molar-refractivity contribution >= 4 is 18.0 Å². The molecule has 0 saturated heterocycles. The molecule has 0 bridgehead atoms. The van der Waals surface area contributed by atoms with Gasteiger partial charge in [-0.25, -0.2) is 9.18 Å². The second-order valence-corrected chi connectivity index (χ2v) is 5.02. The van der Waals surface area contributed by atoms with Crippen molar-refractivity contribution in [2.75, 3.05) is 0 Å². The van der Waals surface area contributed by atoms with Crippen molar-refractivity contribution in [1.29, 1.82) is 0 Å². The number of alkyl halides is 1. The van der Waals surface area contributed by atoms with Gasteiger partial charge in [-0.2, -0.15) is 0 Å². The van der Waals surface area contributed by atoms with E-state index in [1.54, 1.807) is 6.92 Å². The third-order valence-electron chi connectivity index (χ3n) is 2.91. The number of halogens is 1. The molecule has 0 spiro atoms. The first kappa shape index (κ1) is 9.83. The van der Waals surface area contributed by atoms with E-state index >= 15 is 0 Å². The van der Waals surface area contributed by atoms with E-state index in [-0.39, 0.29) is 11.9 Å². The smallest absolute Gasteiger partial charge is 0.310 e. The summed E-state index contributed by atoms with van der Waals surface area (Å²) in [5, 5.41) is 2.73. The molecule has 0 radical (unpaired) electrons. The Kier molecular flexibility index (Phi) is 2.21. The van der Waals surface area contributed by atoms with Crippen LogP contribution in [0.25, 0.3) is 0 Å². The van der Waals surface area contributed by atoms with Gasteiger partial charge in [-0.3, -0.25) is 4.72 Å². The van der Waals surface area contributed by atoms with Gasteiger partial charge >= 0.3 is 6.03 Å². The molecule has 0 saturated carbocycles. The van der Waals surface area contributed by atoms with Crippen LogP contribution >= 0.6 is 11.9 Å². The lowest BCUT2D eigenvalue weighted by Gasteiger charge is -2.36. The molecule has 2 unspecified atom stereocenters. The van der Waals surface area contributed by atoms with Gasteiger partial charge < -0.3 is 5.32 Å². The zero-order valence-electron chi connectivity index (χ0n) is 8.19. The van der Waals surface area contributed by atoms with Gasteiger partial charge in [0.25, 0.3) is 0 Å². The Morgan fingerprint density at radius 3 is 3.07 bits per heavy atom.